The van der Waals surface area contributed by atoms with E-state index in [0.717, 1.165) is 5.56 Å². The normalized spacial score (nSPS) is 10.2. The summed E-state index contributed by atoms with van der Waals surface area (Å²) in [6.45, 7) is 0.543. The molecule has 0 aliphatic rings. The lowest BCUT2D eigenvalue weighted by Gasteiger charge is -2.05. The molecular formula is C10H14N6O. The van der Waals surface area contributed by atoms with Crippen LogP contribution in [0.4, 0.5) is 11.6 Å². The summed E-state index contributed by atoms with van der Waals surface area (Å²) in [6, 6.07) is 0. The fourth-order valence-corrected chi connectivity index (χ4v) is 1.35. The largest absolute Gasteiger partial charge is 0.480 e. The number of nitrogens with one attached hydrogen (secondary N) is 1. The van der Waals surface area contributed by atoms with Gasteiger partial charge in [0.25, 0.3) is 0 Å². The van der Waals surface area contributed by atoms with Crippen molar-refractivity contribution in [3.05, 3.63) is 24.2 Å². The van der Waals surface area contributed by atoms with Crippen LogP contribution in [0.2, 0.25) is 0 Å². The maximum Gasteiger partial charge on any atom is 0.233 e. The number of nitrogen functional groups attached to an aromatic ring is 1. The molecule has 2 rings (SSSR count). The first-order chi connectivity index (χ1) is 8.20. The van der Waals surface area contributed by atoms with Crippen molar-refractivity contribution in [2.75, 3.05) is 18.2 Å². The Morgan fingerprint density at radius 3 is 2.88 bits per heavy atom. The third kappa shape index (κ3) is 2.44. The van der Waals surface area contributed by atoms with E-state index in [1.807, 2.05) is 0 Å². The van der Waals surface area contributed by atoms with Gasteiger partial charge in [-0.1, -0.05) is 0 Å². The minimum atomic E-state index is 0.467. The van der Waals surface area contributed by atoms with Gasteiger partial charge >= 0.3 is 0 Å². The van der Waals surface area contributed by atoms with Crippen LogP contribution < -0.4 is 15.8 Å². The topological polar surface area (TPSA) is 90.9 Å². The highest BCUT2D eigenvalue weighted by atomic mass is 16.5. The van der Waals surface area contributed by atoms with E-state index in [9.17, 15) is 0 Å². The number of nitrogens with two attached hydrogens (primary N) is 1. The standard InChI is InChI=1S/C10H14N6O/c1-16-10(11)7(4-14-16)3-13-8-5-12-6-9(15-8)17-2/h4-6H,3,11H2,1-2H3,(H,13,15). The van der Waals surface area contributed by atoms with Crippen LogP contribution in [0.1, 0.15) is 5.56 Å². The van der Waals surface area contributed by atoms with Crippen LogP contribution in [-0.2, 0) is 13.6 Å². The van der Waals surface area contributed by atoms with Crippen LogP contribution in [0, 0.1) is 0 Å². The van der Waals surface area contributed by atoms with Gasteiger partial charge in [-0.15, -0.1) is 0 Å². The van der Waals surface area contributed by atoms with Crippen LogP contribution in [0.25, 0.3) is 0 Å². The lowest BCUT2D eigenvalue weighted by atomic mass is 10.3. The Kier molecular flexibility index (Phi) is 3.08. The van der Waals surface area contributed by atoms with Gasteiger partial charge < -0.3 is 15.8 Å². The van der Waals surface area contributed by atoms with E-state index in [1.54, 1.807) is 37.4 Å². The molecular weight excluding hydrogens is 220 g/mol. The number of hydrogen-bond acceptors (Lipinski definition) is 6. The third-order valence-electron chi connectivity index (χ3n) is 2.35. The first-order valence-corrected chi connectivity index (χ1v) is 5.07. The maximum atomic E-state index is 5.82. The van der Waals surface area contributed by atoms with Gasteiger partial charge in [-0.2, -0.15) is 10.1 Å². The molecule has 2 aromatic heterocycles. The molecule has 0 saturated heterocycles. The van der Waals surface area contributed by atoms with Crippen molar-refractivity contribution in [1.29, 1.82) is 0 Å². The van der Waals surface area contributed by atoms with Gasteiger partial charge in [0.1, 0.15) is 11.6 Å². The Bertz CT molecular complexity index is 509. The van der Waals surface area contributed by atoms with E-state index in [1.165, 1.54) is 0 Å². The highest BCUT2D eigenvalue weighted by molar-refractivity contribution is 5.42. The van der Waals surface area contributed by atoms with E-state index in [2.05, 4.69) is 20.4 Å². The zero-order chi connectivity index (χ0) is 12.3. The third-order valence-corrected chi connectivity index (χ3v) is 2.35. The zero-order valence-electron chi connectivity index (χ0n) is 9.71. The monoisotopic (exact) mass is 234 g/mol. The predicted octanol–water partition coefficient (Wildman–Crippen LogP) is 0.413. The summed E-state index contributed by atoms with van der Waals surface area (Å²) >= 11 is 0. The van der Waals surface area contributed by atoms with Crippen molar-refractivity contribution in [2.45, 2.75) is 6.54 Å². The molecule has 2 heterocycles. The second kappa shape index (κ2) is 4.69. The summed E-state index contributed by atoms with van der Waals surface area (Å²) in [5.74, 6) is 1.73. The lowest BCUT2D eigenvalue weighted by Crippen LogP contribution is -2.05. The number of hydrogen-bond donors (Lipinski definition) is 2. The van der Waals surface area contributed by atoms with Gasteiger partial charge in [-0.05, 0) is 0 Å². The predicted molar refractivity (Wildman–Crippen MR) is 63.5 cm³/mol. The number of nitrogens with zero attached hydrogens (tertiary/aromatic N) is 4. The molecule has 0 aromatic carbocycles. The molecule has 0 aliphatic carbocycles. The van der Waals surface area contributed by atoms with Crippen molar-refractivity contribution in [2.24, 2.45) is 7.05 Å². The molecule has 7 nitrogen and oxygen atoms in total. The van der Waals surface area contributed by atoms with Crippen LogP contribution in [-0.4, -0.2) is 26.9 Å². The van der Waals surface area contributed by atoms with Gasteiger partial charge in [-0.3, -0.25) is 9.67 Å². The Balaban J connectivity index is 2.04. The molecule has 0 radical (unpaired) electrons. The minimum absolute atomic E-state index is 0.467. The van der Waals surface area contributed by atoms with Gasteiger partial charge in [0, 0.05) is 19.2 Å². The molecule has 0 aliphatic heterocycles. The average Bonchev–Trinajstić information content (AvgIpc) is 2.68. The summed E-state index contributed by atoms with van der Waals surface area (Å²) in [5, 5.41) is 7.16. The van der Waals surface area contributed by atoms with Gasteiger partial charge in [0.15, 0.2) is 0 Å². The molecule has 0 atom stereocenters. The van der Waals surface area contributed by atoms with Crippen molar-refractivity contribution in [3.8, 4) is 5.88 Å². The summed E-state index contributed by atoms with van der Waals surface area (Å²) < 4.78 is 6.60. The molecule has 0 amide bonds. The average molecular weight is 234 g/mol. The quantitative estimate of drug-likeness (QED) is 0.796. The van der Waals surface area contributed by atoms with E-state index >= 15 is 0 Å². The maximum absolute atomic E-state index is 5.82. The van der Waals surface area contributed by atoms with Crippen LogP contribution >= 0.6 is 0 Å². The number of ether oxygens (including phenoxy) is 1. The molecule has 17 heavy (non-hydrogen) atoms. The number of methoxy groups -OCH3 is 1. The second-order valence-electron chi connectivity index (χ2n) is 3.48. The first kappa shape index (κ1) is 11.2. The van der Waals surface area contributed by atoms with Gasteiger partial charge in [0.2, 0.25) is 5.88 Å². The molecule has 3 N–H and O–H groups in total. The number of rotatable bonds is 4. The summed E-state index contributed by atoms with van der Waals surface area (Å²) in [5.41, 5.74) is 6.74. The number of aryl methyl sites for hydroxylation is 1. The van der Waals surface area contributed by atoms with E-state index in [-0.39, 0.29) is 0 Å². The highest BCUT2D eigenvalue weighted by Gasteiger charge is 2.05. The number of aromatic nitrogens is 4. The van der Waals surface area contributed by atoms with Crippen molar-refractivity contribution in [1.82, 2.24) is 19.7 Å². The van der Waals surface area contributed by atoms with E-state index < -0.39 is 0 Å². The molecule has 0 spiro atoms. The smallest absolute Gasteiger partial charge is 0.233 e. The fourth-order valence-electron chi connectivity index (χ4n) is 1.35. The number of anilines is 2. The van der Waals surface area contributed by atoms with Crippen LogP contribution in [0.5, 0.6) is 5.88 Å². The molecule has 2 aromatic rings. The highest BCUT2D eigenvalue weighted by Crippen LogP contribution is 2.13. The molecule has 0 fully saturated rings. The van der Waals surface area contributed by atoms with Crippen LogP contribution in [0.3, 0.4) is 0 Å². The Labute approximate surface area is 98.6 Å². The zero-order valence-corrected chi connectivity index (χ0v) is 9.71. The lowest BCUT2D eigenvalue weighted by molar-refractivity contribution is 0.396. The SMILES string of the molecule is COc1cncc(NCc2cnn(C)c2N)n1. The first-order valence-electron chi connectivity index (χ1n) is 5.07. The molecule has 7 heteroatoms. The Morgan fingerprint density at radius 2 is 2.24 bits per heavy atom. The molecule has 0 bridgehead atoms. The Hall–Kier alpha value is -2.31. The summed E-state index contributed by atoms with van der Waals surface area (Å²) in [6.07, 6.45) is 4.88. The van der Waals surface area contributed by atoms with Crippen LogP contribution in [0.15, 0.2) is 18.6 Å². The van der Waals surface area contributed by atoms with Gasteiger partial charge in [0.05, 0.1) is 25.7 Å². The van der Waals surface area contributed by atoms with Gasteiger partial charge in [-0.25, -0.2) is 0 Å². The fraction of sp³-hybridized carbons (Fsp3) is 0.300. The Morgan fingerprint density at radius 1 is 1.41 bits per heavy atom. The molecule has 90 valence electrons. The van der Waals surface area contributed by atoms with E-state index in [4.69, 9.17) is 10.5 Å². The van der Waals surface area contributed by atoms with Crippen molar-refractivity contribution >= 4 is 11.6 Å². The second-order valence-corrected chi connectivity index (χ2v) is 3.48. The summed E-state index contributed by atoms with van der Waals surface area (Å²) in [7, 11) is 3.34. The van der Waals surface area contributed by atoms with E-state index in [0.29, 0.717) is 24.1 Å². The van der Waals surface area contributed by atoms with Crippen molar-refractivity contribution in [3.63, 3.8) is 0 Å². The molecule has 0 unspecified atom stereocenters. The van der Waals surface area contributed by atoms with Crippen molar-refractivity contribution < 1.29 is 4.74 Å². The summed E-state index contributed by atoms with van der Waals surface area (Å²) in [4.78, 5) is 8.17. The minimum Gasteiger partial charge on any atom is -0.480 e. The molecule has 0 saturated carbocycles.